The van der Waals surface area contributed by atoms with Crippen LogP contribution in [0.3, 0.4) is 0 Å². The summed E-state index contributed by atoms with van der Waals surface area (Å²) in [4.78, 5) is 34.6. The number of carbonyl (C=O) groups excluding carboxylic acids is 2. The predicted octanol–water partition coefficient (Wildman–Crippen LogP) is 6.19. The van der Waals surface area contributed by atoms with Crippen LogP contribution in [-0.4, -0.2) is 60.9 Å². The molecule has 3 aromatic carbocycles. The van der Waals surface area contributed by atoms with Crippen molar-refractivity contribution in [2.45, 2.75) is 38.0 Å². The van der Waals surface area contributed by atoms with Crippen molar-refractivity contribution < 1.29 is 32.2 Å². The van der Waals surface area contributed by atoms with Gasteiger partial charge >= 0.3 is 6.36 Å². The summed E-state index contributed by atoms with van der Waals surface area (Å²) in [6.07, 6.45) is -0.203. The number of nitrogens with zero attached hydrogens (tertiary/aromatic N) is 3. The third kappa shape index (κ3) is 9.47. The first-order chi connectivity index (χ1) is 23.7. The molecule has 2 saturated heterocycles. The van der Waals surface area contributed by atoms with E-state index >= 15 is 0 Å². The molecule has 0 spiro atoms. The summed E-state index contributed by atoms with van der Waals surface area (Å²) in [5, 5.41) is 9.02. The van der Waals surface area contributed by atoms with E-state index in [-0.39, 0.29) is 23.5 Å². The van der Waals surface area contributed by atoms with Gasteiger partial charge in [0.05, 0.1) is 11.6 Å². The molecule has 1 aromatic heterocycles. The molecular weight excluding hydrogens is 637 g/mol. The summed E-state index contributed by atoms with van der Waals surface area (Å²) < 4.78 is 47.1. The van der Waals surface area contributed by atoms with Crippen LogP contribution in [0.1, 0.15) is 37.2 Å². The highest BCUT2D eigenvalue weighted by Gasteiger charge is 2.31. The van der Waals surface area contributed by atoms with Crippen LogP contribution in [-0.2, 0) is 9.59 Å². The first-order valence-electron chi connectivity index (χ1n) is 16.3. The Hall–Kier alpha value is -5.17. The van der Waals surface area contributed by atoms with Crippen molar-refractivity contribution in [3.8, 4) is 22.8 Å². The van der Waals surface area contributed by atoms with Crippen molar-refractivity contribution >= 4 is 29.0 Å². The highest BCUT2D eigenvalue weighted by atomic mass is 19.4. The minimum atomic E-state index is -4.74. The zero-order valence-corrected chi connectivity index (χ0v) is 26.7. The molecule has 3 heterocycles. The van der Waals surface area contributed by atoms with Gasteiger partial charge in [0.2, 0.25) is 11.8 Å². The second-order valence-electron chi connectivity index (χ2n) is 12.1. The lowest BCUT2D eigenvalue weighted by atomic mass is 9.90. The lowest BCUT2D eigenvalue weighted by Crippen LogP contribution is -2.39. The number of amides is 2. The van der Waals surface area contributed by atoms with Crippen LogP contribution in [0.25, 0.3) is 11.3 Å². The van der Waals surface area contributed by atoms with Crippen molar-refractivity contribution in [2.75, 3.05) is 43.0 Å². The maximum atomic E-state index is 12.4. The van der Waals surface area contributed by atoms with Crippen molar-refractivity contribution in [3.63, 3.8) is 0 Å². The van der Waals surface area contributed by atoms with E-state index in [2.05, 4.69) is 47.7 Å². The highest BCUT2D eigenvalue weighted by molar-refractivity contribution is 6.00. The third-order valence-electron chi connectivity index (χ3n) is 8.67. The minimum Gasteiger partial charge on any atom is -0.492 e. The Labute approximate surface area is 282 Å². The molecule has 256 valence electrons. The quantitative estimate of drug-likeness (QED) is 0.119. The Balaban J connectivity index is 0.888. The number of ether oxygens (including phenoxy) is 2. The zero-order valence-electron chi connectivity index (χ0n) is 26.7. The van der Waals surface area contributed by atoms with Crippen molar-refractivity contribution in [1.82, 2.24) is 20.6 Å². The SMILES string of the molecule is O=C1CCC(c2ccc(N3CCC(CNCCOc4ccc(-c5cc(Nc6ccc(OC(F)(F)F)cc6)ncn5)cc4)CC3)cc2)C(=O)N1. The standard InChI is InChI=1S/C36H37F3N6O4/c37-36(38,39)49-30-11-5-27(6-12-30)43-33-21-32(41-23-42-33)26-3-9-29(10-4-26)48-20-17-40-22-24-15-18-45(19-16-24)28-7-1-25(2-8-28)31-13-14-34(46)44-35(31)47/h1-12,21,23-24,31,40H,13-20,22H2,(H,41,42,43)(H,44,46,47). The van der Waals surface area contributed by atoms with Crippen LogP contribution < -0.4 is 30.3 Å². The van der Waals surface area contributed by atoms with Crippen LogP contribution >= 0.6 is 0 Å². The lowest BCUT2D eigenvalue weighted by molar-refractivity contribution is -0.274. The molecule has 1 atom stereocenters. The molecule has 1 unspecified atom stereocenters. The summed E-state index contributed by atoms with van der Waals surface area (Å²) in [5.41, 5.74) is 4.21. The number of alkyl halides is 3. The highest BCUT2D eigenvalue weighted by Crippen LogP contribution is 2.29. The van der Waals surface area contributed by atoms with Crippen LogP contribution in [0.4, 0.5) is 30.4 Å². The Morgan fingerprint density at radius 1 is 0.878 bits per heavy atom. The molecule has 2 aliphatic heterocycles. The van der Waals surface area contributed by atoms with E-state index in [1.807, 2.05) is 36.4 Å². The normalized spacial score (nSPS) is 17.0. The van der Waals surface area contributed by atoms with Crippen LogP contribution in [0, 0.1) is 5.92 Å². The number of hydrogen-bond acceptors (Lipinski definition) is 9. The van der Waals surface area contributed by atoms with Gasteiger partial charge in [-0.3, -0.25) is 14.9 Å². The number of carbonyl (C=O) groups is 2. The summed E-state index contributed by atoms with van der Waals surface area (Å²) in [6.45, 7) is 4.15. The maximum Gasteiger partial charge on any atom is 0.573 e. The molecule has 2 aliphatic rings. The fourth-order valence-electron chi connectivity index (χ4n) is 6.06. The molecule has 0 saturated carbocycles. The Kier molecular flexibility index (Phi) is 10.6. The van der Waals surface area contributed by atoms with Gasteiger partial charge in [0.25, 0.3) is 0 Å². The summed E-state index contributed by atoms with van der Waals surface area (Å²) in [7, 11) is 0. The number of anilines is 3. The van der Waals surface area contributed by atoms with Gasteiger partial charge in [0, 0.05) is 49.1 Å². The molecule has 0 bridgehead atoms. The average Bonchev–Trinajstić information content (AvgIpc) is 3.09. The average molecular weight is 675 g/mol. The summed E-state index contributed by atoms with van der Waals surface area (Å²) >= 11 is 0. The van der Waals surface area contributed by atoms with Gasteiger partial charge in [-0.25, -0.2) is 9.97 Å². The van der Waals surface area contributed by atoms with E-state index in [9.17, 15) is 22.8 Å². The Morgan fingerprint density at radius 2 is 1.59 bits per heavy atom. The van der Waals surface area contributed by atoms with E-state index in [4.69, 9.17) is 4.74 Å². The van der Waals surface area contributed by atoms with Crippen LogP contribution in [0.2, 0.25) is 0 Å². The molecule has 4 aromatic rings. The van der Waals surface area contributed by atoms with E-state index in [0.717, 1.165) is 61.6 Å². The zero-order chi connectivity index (χ0) is 34.2. The van der Waals surface area contributed by atoms with Gasteiger partial charge in [0.15, 0.2) is 0 Å². The molecule has 13 heteroatoms. The third-order valence-corrected chi connectivity index (χ3v) is 8.67. The predicted molar refractivity (Wildman–Crippen MR) is 179 cm³/mol. The van der Waals surface area contributed by atoms with Gasteiger partial charge < -0.3 is 25.0 Å². The van der Waals surface area contributed by atoms with E-state index in [1.54, 1.807) is 6.07 Å². The fourth-order valence-corrected chi connectivity index (χ4v) is 6.06. The summed E-state index contributed by atoms with van der Waals surface area (Å²) in [5.74, 6) is 0.867. The van der Waals surface area contributed by atoms with Gasteiger partial charge in [-0.05, 0) is 98.0 Å². The molecule has 6 rings (SSSR count). The molecule has 3 N–H and O–H groups in total. The summed E-state index contributed by atoms with van der Waals surface area (Å²) in [6, 6.07) is 22.9. The van der Waals surface area contributed by atoms with Gasteiger partial charge in [-0.2, -0.15) is 0 Å². The number of rotatable bonds is 12. The smallest absolute Gasteiger partial charge is 0.492 e. The monoisotopic (exact) mass is 674 g/mol. The topological polar surface area (TPSA) is 118 Å². The molecule has 10 nitrogen and oxygen atoms in total. The number of piperidine rings is 2. The molecular formula is C36H37F3N6O4. The fraction of sp³-hybridized carbons (Fsp3) is 0.333. The largest absolute Gasteiger partial charge is 0.573 e. The van der Waals surface area contributed by atoms with E-state index < -0.39 is 6.36 Å². The van der Waals surface area contributed by atoms with Crippen molar-refractivity contribution in [3.05, 3.63) is 90.8 Å². The second-order valence-corrected chi connectivity index (χ2v) is 12.1. The number of halogens is 3. The molecule has 0 radical (unpaired) electrons. The number of benzene rings is 3. The molecule has 49 heavy (non-hydrogen) atoms. The van der Waals surface area contributed by atoms with E-state index in [1.165, 1.54) is 30.6 Å². The number of hydrogen-bond donors (Lipinski definition) is 3. The number of nitrogens with one attached hydrogen (secondary N) is 3. The number of aromatic nitrogens is 2. The number of imide groups is 1. The van der Waals surface area contributed by atoms with E-state index in [0.29, 0.717) is 42.6 Å². The Morgan fingerprint density at radius 3 is 2.29 bits per heavy atom. The maximum absolute atomic E-state index is 12.4. The first-order valence-corrected chi connectivity index (χ1v) is 16.3. The first kappa shape index (κ1) is 33.7. The molecule has 2 amide bonds. The van der Waals surface area contributed by atoms with Crippen molar-refractivity contribution in [1.29, 1.82) is 0 Å². The Bertz CT molecular complexity index is 1710. The van der Waals surface area contributed by atoms with Gasteiger partial charge in [-0.1, -0.05) is 12.1 Å². The lowest BCUT2D eigenvalue weighted by Gasteiger charge is -2.34. The van der Waals surface area contributed by atoms with Crippen molar-refractivity contribution in [2.24, 2.45) is 5.92 Å². The molecule has 0 aliphatic carbocycles. The van der Waals surface area contributed by atoms with Crippen LogP contribution in [0.15, 0.2) is 85.2 Å². The van der Waals surface area contributed by atoms with Gasteiger partial charge in [-0.15, -0.1) is 13.2 Å². The second kappa shape index (κ2) is 15.4. The van der Waals surface area contributed by atoms with Crippen LogP contribution in [0.5, 0.6) is 11.5 Å². The van der Waals surface area contributed by atoms with Gasteiger partial charge in [0.1, 0.15) is 30.3 Å². The minimum absolute atomic E-state index is 0.196. The molecule has 2 fully saturated rings.